The van der Waals surface area contributed by atoms with Crippen molar-refractivity contribution in [3.8, 4) is 16.8 Å². The number of carbonyl (C=O) groups excluding carboxylic acids is 1. The van der Waals surface area contributed by atoms with Crippen molar-refractivity contribution in [3.05, 3.63) is 110 Å². The minimum Gasteiger partial charge on any atom is -0.306 e. The molecule has 0 aliphatic carbocycles. The molecule has 1 aromatic heterocycles. The maximum atomic E-state index is 13.3. The molecule has 1 amide bonds. The molecule has 6 heteroatoms. The molecular formula is C27H24ClN3O2. The number of rotatable bonds is 4. The van der Waals surface area contributed by atoms with Gasteiger partial charge in [0.05, 0.1) is 21.8 Å². The molecule has 0 radical (unpaired) electrons. The summed E-state index contributed by atoms with van der Waals surface area (Å²) >= 11 is 6.27. The summed E-state index contributed by atoms with van der Waals surface area (Å²) in [5.74, 6) is -0.126. The largest absolute Gasteiger partial charge is 0.306 e. The van der Waals surface area contributed by atoms with Crippen LogP contribution >= 0.6 is 11.6 Å². The molecule has 0 aliphatic rings. The fourth-order valence-corrected chi connectivity index (χ4v) is 3.83. The van der Waals surface area contributed by atoms with Crippen LogP contribution < -0.4 is 10.7 Å². The van der Waals surface area contributed by atoms with Gasteiger partial charge in [0.25, 0.3) is 5.91 Å². The van der Waals surface area contributed by atoms with Crippen LogP contribution in [0, 0.1) is 27.7 Å². The number of nitrogens with zero attached hydrogens (tertiary/aromatic N) is 2. The lowest BCUT2D eigenvalue weighted by Crippen LogP contribution is -2.25. The van der Waals surface area contributed by atoms with Crippen LogP contribution in [0.4, 0.5) is 5.82 Å². The van der Waals surface area contributed by atoms with Gasteiger partial charge in [0.1, 0.15) is 11.5 Å². The van der Waals surface area contributed by atoms with Crippen LogP contribution in [-0.2, 0) is 0 Å². The van der Waals surface area contributed by atoms with Crippen LogP contribution in [0.25, 0.3) is 16.8 Å². The lowest BCUT2D eigenvalue weighted by molar-refractivity contribution is 0.102. The number of anilines is 1. The zero-order valence-corrected chi connectivity index (χ0v) is 19.7. The van der Waals surface area contributed by atoms with Gasteiger partial charge in [0.15, 0.2) is 0 Å². The molecule has 166 valence electrons. The lowest BCUT2D eigenvalue weighted by atomic mass is 10.0. The highest BCUT2D eigenvalue weighted by atomic mass is 35.5. The molecule has 0 saturated carbocycles. The molecule has 0 unspecified atom stereocenters. The van der Waals surface area contributed by atoms with Crippen molar-refractivity contribution in [1.82, 2.24) is 9.78 Å². The second-order valence-electron chi connectivity index (χ2n) is 8.12. The molecule has 1 N–H and O–H groups in total. The van der Waals surface area contributed by atoms with Crippen LogP contribution in [0.15, 0.2) is 71.5 Å². The summed E-state index contributed by atoms with van der Waals surface area (Å²) in [6.45, 7) is 7.70. The van der Waals surface area contributed by atoms with E-state index < -0.39 is 5.91 Å². The Bertz CT molecular complexity index is 1420. The molecule has 33 heavy (non-hydrogen) atoms. The Hall–Kier alpha value is -3.70. The van der Waals surface area contributed by atoms with E-state index in [4.69, 9.17) is 11.6 Å². The Morgan fingerprint density at radius 2 is 1.61 bits per heavy atom. The number of halogens is 1. The van der Waals surface area contributed by atoms with Crippen LogP contribution in [0.5, 0.6) is 0 Å². The molecule has 5 nitrogen and oxygen atoms in total. The van der Waals surface area contributed by atoms with Crippen LogP contribution in [-0.4, -0.2) is 15.7 Å². The van der Waals surface area contributed by atoms with Crippen LogP contribution in [0.1, 0.15) is 32.7 Å². The Kier molecular flexibility index (Phi) is 6.16. The summed E-state index contributed by atoms with van der Waals surface area (Å²) in [4.78, 5) is 26.5. The predicted molar refractivity (Wildman–Crippen MR) is 134 cm³/mol. The van der Waals surface area contributed by atoms with E-state index in [1.54, 1.807) is 35.9 Å². The van der Waals surface area contributed by atoms with Crippen molar-refractivity contribution < 1.29 is 4.79 Å². The Balaban J connectivity index is 1.99. The maximum absolute atomic E-state index is 13.3. The fourth-order valence-electron chi connectivity index (χ4n) is 3.61. The highest BCUT2D eigenvalue weighted by Gasteiger charge is 2.22. The topological polar surface area (TPSA) is 64.0 Å². The minimum absolute atomic E-state index is 0.242. The summed E-state index contributed by atoms with van der Waals surface area (Å²) < 4.78 is 1.62. The van der Waals surface area contributed by atoms with E-state index in [2.05, 4.69) is 10.4 Å². The van der Waals surface area contributed by atoms with Gasteiger partial charge in [-0.25, -0.2) is 4.68 Å². The first-order chi connectivity index (χ1) is 15.8. The van der Waals surface area contributed by atoms with Crippen molar-refractivity contribution in [2.75, 3.05) is 5.32 Å². The van der Waals surface area contributed by atoms with Crippen molar-refractivity contribution in [1.29, 1.82) is 0 Å². The summed E-state index contributed by atoms with van der Waals surface area (Å²) in [6, 6.07) is 20.3. The van der Waals surface area contributed by atoms with Gasteiger partial charge in [-0.05, 0) is 68.7 Å². The second kappa shape index (κ2) is 9.04. The number of carbonyl (C=O) groups is 1. The van der Waals surface area contributed by atoms with Gasteiger partial charge >= 0.3 is 0 Å². The van der Waals surface area contributed by atoms with Crippen LogP contribution in [0.2, 0.25) is 5.02 Å². The van der Waals surface area contributed by atoms with E-state index in [1.807, 2.05) is 63.2 Å². The molecule has 4 rings (SSSR count). The third-order valence-electron chi connectivity index (χ3n) is 5.68. The first-order valence-corrected chi connectivity index (χ1v) is 11.0. The van der Waals surface area contributed by atoms with E-state index >= 15 is 0 Å². The number of hydrogen-bond donors (Lipinski definition) is 1. The molecule has 4 aromatic rings. The van der Waals surface area contributed by atoms with Gasteiger partial charge in [-0.2, -0.15) is 5.10 Å². The second-order valence-corrected chi connectivity index (χ2v) is 8.53. The van der Waals surface area contributed by atoms with E-state index in [1.165, 1.54) is 0 Å². The third kappa shape index (κ3) is 4.45. The SMILES string of the molecule is Cc1ccc(-c2c(NC(=O)c3ccccc3Cl)n(-c3ccc(C)c(C)c3)nc(C)c2=O)cc1. The number of nitrogens with one attached hydrogen (secondary N) is 1. The summed E-state index contributed by atoms with van der Waals surface area (Å²) in [5, 5.41) is 7.80. The van der Waals surface area contributed by atoms with Crippen molar-refractivity contribution in [3.63, 3.8) is 0 Å². The lowest BCUT2D eigenvalue weighted by Gasteiger charge is -2.19. The van der Waals surface area contributed by atoms with E-state index in [-0.39, 0.29) is 5.43 Å². The quantitative estimate of drug-likeness (QED) is 0.406. The molecule has 0 spiro atoms. The van der Waals surface area contributed by atoms with Gasteiger partial charge in [-0.15, -0.1) is 0 Å². The Morgan fingerprint density at radius 1 is 0.909 bits per heavy atom. The molecule has 0 saturated heterocycles. The van der Waals surface area contributed by atoms with Gasteiger partial charge in [-0.1, -0.05) is 59.6 Å². The van der Waals surface area contributed by atoms with E-state index in [0.29, 0.717) is 33.2 Å². The van der Waals surface area contributed by atoms with E-state index in [9.17, 15) is 9.59 Å². The Morgan fingerprint density at radius 3 is 2.27 bits per heavy atom. The maximum Gasteiger partial charge on any atom is 0.258 e. The third-order valence-corrected chi connectivity index (χ3v) is 6.01. The number of aryl methyl sites for hydroxylation is 4. The normalized spacial score (nSPS) is 10.8. The molecule has 0 fully saturated rings. The van der Waals surface area contributed by atoms with E-state index in [0.717, 1.165) is 22.4 Å². The zero-order chi connectivity index (χ0) is 23.7. The van der Waals surface area contributed by atoms with Gasteiger partial charge in [0, 0.05) is 0 Å². The average Bonchev–Trinajstić information content (AvgIpc) is 2.79. The summed E-state index contributed by atoms with van der Waals surface area (Å²) in [6.07, 6.45) is 0. The molecule has 0 aliphatic heterocycles. The first kappa shape index (κ1) is 22.5. The van der Waals surface area contributed by atoms with Crippen LogP contribution in [0.3, 0.4) is 0 Å². The zero-order valence-electron chi connectivity index (χ0n) is 18.9. The van der Waals surface area contributed by atoms with Crippen molar-refractivity contribution in [2.45, 2.75) is 27.7 Å². The molecular weight excluding hydrogens is 434 g/mol. The monoisotopic (exact) mass is 457 g/mol. The van der Waals surface area contributed by atoms with Crippen molar-refractivity contribution in [2.24, 2.45) is 0 Å². The van der Waals surface area contributed by atoms with Crippen molar-refractivity contribution >= 4 is 23.3 Å². The Labute approximate surface area is 197 Å². The summed E-state index contributed by atoms with van der Waals surface area (Å²) in [5.41, 5.74) is 5.50. The molecule has 0 atom stereocenters. The fraction of sp³-hybridized carbons (Fsp3) is 0.148. The minimum atomic E-state index is -0.420. The molecule has 1 heterocycles. The smallest absolute Gasteiger partial charge is 0.258 e. The number of aromatic nitrogens is 2. The van der Waals surface area contributed by atoms with Gasteiger partial charge < -0.3 is 5.32 Å². The van der Waals surface area contributed by atoms with Gasteiger partial charge in [-0.3, -0.25) is 9.59 Å². The molecule has 0 bridgehead atoms. The standard InChI is InChI=1S/C27H24ClN3O2/c1-16-9-12-20(13-10-16)24-25(32)19(4)30-31(21-14-11-17(2)18(3)15-21)26(24)29-27(33)22-7-5-6-8-23(22)28/h5-15H,1-4H3,(H,29,33). The predicted octanol–water partition coefficient (Wildman–Crippen LogP) is 6.04. The number of benzene rings is 3. The first-order valence-electron chi connectivity index (χ1n) is 10.6. The number of amides is 1. The molecule has 3 aromatic carbocycles. The highest BCUT2D eigenvalue weighted by molar-refractivity contribution is 6.34. The summed E-state index contributed by atoms with van der Waals surface area (Å²) in [7, 11) is 0. The van der Waals surface area contributed by atoms with Gasteiger partial charge in [0.2, 0.25) is 5.43 Å². The highest BCUT2D eigenvalue weighted by Crippen LogP contribution is 2.29. The average molecular weight is 458 g/mol. The number of hydrogen-bond acceptors (Lipinski definition) is 3.